The number of hydrogen-bond acceptors (Lipinski definition) is 1. The molecule has 13 heavy (non-hydrogen) atoms. The first-order valence-corrected chi connectivity index (χ1v) is 4.90. The molecule has 0 aliphatic carbocycles. The molecule has 1 aliphatic heterocycles. The van der Waals surface area contributed by atoms with E-state index in [-0.39, 0.29) is 0 Å². The highest BCUT2D eigenvalue weighted by molar-refractivity contribution is 5.53. The van der Waals surface area contributed by atoms with Crippen LogP contribution in [0.4, 0.5) is 0 Å². The summed E-state index contributed by atoms with van der Waals surface area (Å²) < 4.78 is 0. The average Bonchev–Trinajstić information content (AvgIpc) is 2.21. The zero-order valence-corrected chi connectivity index (χ0v) is 7.79. The molecule has 1 saturated heterocycles. The number of rotatable bonds is 1. The molecule has 0 amide bonds. The van der Waals surface area contributed by atoms with Gasteiger partial charge in [0.25, 0.3) is 0 Å². The predicted molar refractivity (Wildman–Crippen MR) is 56.5 cm³/mol. The van der Waals surface area contributed by atoms with Gasteiger partial charge in [-0.3, -0.25) is 0 Å². The topological polar surface area (TPSA) is 12.0 Å². The smallest absolute Gasteiger partial charge is 0.0167 e. The Kier molecular flexibility index (Phi) is 2.78. The highest BCUT2D eigenvalue weighted by Crippen LogP contribution is 2.13. The molecule has 0 spiro atoms. The number of hydrogen-bond donors (Lipinski definition) is 1. The van der Waals surface area contributed by atoms with Gasteiger partial charge in [-0.2, -0.15) is 0 Å². The van der Waals surface area contributed by atoms with Crippen molar-refractivity contribution in [1.29, 1.82) is 0 Å². The summed E-state index contributed by atoms with van der Waals surface area (Å²) in [7, 11) is 0. The second-order valence-electron chi connectivity index (χ2n) is 3.49. The summed E-state index contributed by atoms with van der Waals surface area (Å²) in [6.07, 6.45) is 4.83. The van der Waals surface area contributed by atoms with Gasteiger partial charge in [0.1, 0.15) is 0 Å². The second kappa shape index (κ2) is 4.24. The van der Waals surface area contributed by atoms with E-state index in [1.165, 1.54) is 30.5 Å². The Hall–Kier alpha value is -1.08. The maximum absolute atomic E-state index is 3.39. The van der Waals surface area contributed by atoms with Crippen molar-refractivity contribution in [2.24, 2.45) is 0 Å². The number of piperidine rings is 1. The zero-order valence-electron chi connectivity index (χ0n) is 7.79. The van der Waals surface area contributed by atoms with Gasteiger partial charge in [0.2, 0.25) is 0 Å². The highest BCUT2D eigenvalue weighted by atomic mass is 14.9. The third kappa shape index (κ3) is 2.43. The van der Waals surface area contributed by atoms with Crippen LogP contribution >= 0.6 is 0 Å². The van der Waals surface area contributed by atoms with Crippen molar-refractivity contribution in [3.8, 4) is 0 Å². The standard InChI is InChI=1S/C12H15N/c1-2-5-11(6-3-1)9-12-7-4-8-13-10-12/h1-3,5-6,9,13H,4,7-8,10H2. The lowest BCUT2D eigenvalue weighted by Crippen LogP contribution is -2.23. The van der Waals surface area contributed by atoms with Crippen LogP contribution in [0.3, 0.4) is 0 Å². The van der Waals surface area contributed by atoms with Crippen molar-refractivity contribution in [2.75, 3.05) is 13.1 Å². The zero-order chi connectivity index (χ0) is 8.93. The summed E-state index contributed by atoms with van der Waals surface area (Å²) in [4.78, 5) is 0. The molecule has 1 N–H and O–H groups in total. The van der Waals surface area contributed by atoms with E-state index in [1.54, 1.807) is 0 Å². The van der Waals surface area contributed by atoms with E-state index >= 15 is 0 Å². The van der Waals surface area contributed by atoms with Crippen LogP contribution in [0.2, 0.25) is 0 Å². The van der Waals surface area contributed by atoms with Gasteiger partial charge in [-0.25, -0.2) is 0 Å². The van der Waals surface area contributed by atoms with Crippen molar-refractivity contribution in [2.45, 2.75) is 12.8 Å². The van der Waals surface area contributed by atoms with Gasteiger partial charge in [-0.15, -0.1) is 0 Å². The number of nitrogens with one attached hydrogen (secondary N) is 1. The first-order chi connectivity index (χ1) is 6.45. The molecular weight excluding hydrogens is 158 g/mol. The summed E-state index contributed by atoms with van der Waals surface area (Å²) in [5.74, 6) is 0. The Morgan fingerprint density at radius 1 is 1.15 bits per heavy atom. The molecule has 0 unspecified atom stereocenters. The molecule has 1 heterocycles. The molecule has 0 saturated carbocycles. The van der Waals surface area contributed by atoms with Crippen LogP contribution in [0, 0.1) is 0 Å². The van der Waals surface area contributed by atoms with Crippen molar-refractivity contribution in [3.63, 3.8) is 0 Å². The monoisotopic (exact) mass is 173 g/mol. The minimum Gasteiger partial charge on any atom is -0.313 e. The lowest BCUT2D eigenvalue weighted by Gasteiger charge is -2.15. The molecule has 1 nitrogen and oxygen atoms in total. The molecule has 2 rings (SSSR count). The van der Waals surface area contributed by atoms with Gasteiger partial charge in [-0.1, -0.05) is 42.0 Å². The van der Waals surface area contributed by atoms with E-state index < -0.39 is 0 Å². The van der Waals surface area contributed by atoms with Crippen LogP contribution in [0.15, 0.2) is 35.9 Å². The lowest BCUT2D eigenvalue weighted by molar-refractivity contribution is 0.613. The van der Waals surface area contributed by atoms with Crippen LogP contribution in [-0.2, 0) is 0 Å². The molecule has 0 bridgehead atoms. The second-order valence-corrected chi connectivity index (χ2v) is 3.49. The predicted octanol–water partition coefficient (Wildman–Crippen LogP) is 2.45. The first-order valence-electron chi connectivity index (χ1n) is 4.90. The molecule has 68 valence electrons. The fourth-order valence-corrected chi connectivity index (χ4v) is 1.69. The molecule has 1 aromatic carbocycles. The molecule has 1 aromatic rings. The van der Waals surface area contributed by atoms with E-state index in [0.717, 1.165) is 6.54 Å². The lowest BCUT2D eigenvalue weighted by atomic mass is 10.0. The summed E-state index contributed by atoms with van der Waals surface area (Å²) >= 11 is 0. The molecule has 1 fully saturated rings. The van der Waals surface area contributed by atoms with Crippen LogP contribution < -0.4 is 5.32 Å². The van der Waals surface area contributed by atoms with Crippen LogP contribution in [0.25, 0.3) is 6.08 Å². The fraction of sp³-hybridized carbons (Fsp3) is 0.333. The highest BCUT2D eigenvalue weighted by Gasteiger charge is 2.03. The van der Waals surface area contributed by atoms with Crippen molar-refractivity contribution in [3.05, 3.63) is 41.5 Å². The Labute approximate surface area is 79.5 Å². The maximum atomic E-state index is 3.39. The third-order valence-corrected chi connectivity index (χ3v) is 2.37. The van der Waals surface area contributed by atoms with E-state index in [9.17, 15) is 0 Å². The largest absolute Gasteiger partial charge is 0.313 e. The van der Waals surface area contributed by atoms with Crippen molar-refractivity contribution >= 4 is 6.08 Å². The van der Waals surface area contributed by atoms with Gasteiger partial charge < -0.3 is 5.32 Å². The summed E-state index contributed by atoms with van der Waals surface area (Å²) in [6, 6.07) is 10.5. The SMILES string of the molecule is C(=C1CCCNC1)c1ccccc1. The minimum absolute atomic E-state index is 1.06. The van der Waals surface area contributed by atoms with Gasteiger partial charge in [0.05, 0.1) is 0 Å². The van der Waals surface area contributed by atoms with Gasteiger partial charge in [0.15, 0.2) is 0 Å². The Morgan fingerprint density at radius 2 is 2.00 bits per heavy atom. The van der Waals surface area contributed by atoms with Crippen molar-refractivity contribution < 1.29 is 0 Å². The van der Waals surface area contributed by atoms with E-state index in [1.807, 2.05) is 0 Å². The summed E-state index contributed by atoms with van der Waals surface area (Å²) in [5.41, 5.74) is 2.85. The van der Waals surface area contributed by atoms with E-state index in [4.69, 9.17) is 0 Å². The maximum Gasteiger partial charge on any atom is 0.0167 e. The summed E-state index contributed by atoms with van der Waals surface area (Å²) in [6.45, 7) is 2.24. The molecule has 1 aliphatic rings. The van der Waals surface area contributed by atoms with Crippen LogP contribution in [-0.4, -0.2) is 13.1 Å². The Bertz CT molecular complexity index is 279. The van der Waals surface area contributed by atoms with E-state index in [2.05, 4.69) is 41.7 Å². The van der Waals surface area contributed by atoms with Gasteiger partial charge >= 0.3 is 0 Å². The normalized spacial score (nSPS) is 20.5. The number of benzene rings is 1. The Balaban J connectivity index is 2.10. The van der Waals surface area contributed by atoms with Gasteiger partial charge in [-0.05, 0) is 24.9 Å². The quantitative estimate of drug-likeness (QED) is 0.688. The van der Waals surface area contributed by atoms with Crippen molar-refractivity contribution in [1.82, 2.24) is 5.32 Å². The first kappa shape index (κ1) is 8.52. The fourth-order valence-electron chi connectivity index (χ4n) is 1.69. The average molecular weight is 173 g/mol. The summed E-state index contributed by atoms with van der Waals surface area (Å²) in [5, 5.41) is 3.39. The van der Waals surface area contributed by atoms with Crippen LogP contribution in [0.5, 0.6) is 0 Å². The van der Waals surface area contributed by atoms with Crippen LogP contribution in [0.1, 0.15) is 18.4 Å². The van der Waals surface area contributed by atoms with Gasteiger partial charge in [0, 0.05) is 6.54 Å². The van der Waals surface area contributed by atoms with E-state index in [0.29, 0.717) is 0 Å². The molecule has 0 aromatic heterocycles. The Morgan fingerprint density at radius 3 is 2.69 bits per heavy atom. The molecular formula is C12H15N. The minimum atomic E-state index is 1.06. The molecule has 0 atom stereocenters. The third-order valence-electron chi connectivity index (χ3n) is 2.37. The molecule has 1 heteroatoms. The molecule has 0 radical (unpaired) electrons.